The molecule has 1 amide bonds. The monoisotopic (exact) mass is 615 g/mol. The first-order valence-corrected chi connectivity index (χ1v) is 16.8. The lowest BCUT2D eigenvalue weighted by Gasteiger charge is -2.39. The number of carbonyl (C=O) groups is 1. The maximum Gasteiger partial charge on any atom is 0.254 e. The van der Waals surface area contributed by atoms with Crippen molar-refractivity contribution in [2.45, 2.75) is 82.1 Å². The molecule has 2 unspecified atom stereocenters. The number of hydrogen-bond acceptors (Lipinski definition) is 7. The molecule has 2 aliphatic carbocycles. The van der Waals surface area contributed by atoms with E-state index in [1.165, 1.54) is 50.5 Å². The van der Waals surface area contributed by atoms with Crippen LogP contribution in [0.1, 0.15) is 65.7 Å². The molecule has 6 rings (SSSR count). The first-order valence-electron chi connectivity index (χ1n) is 15.2. The third-order valence-corrected chi connectivity index (χ3v) is 11.2. The van der Waals surface area contributed by atoms with Crippen molar-refractivity contribution in [3.63, 3.8) is 0 Å². The molecule has 0 radical (unpaired) electrons. The number of nitrogens with one attached hydrogen (secondary N) is 2. The zero-order valence-electron chi connectivity index (χ0n) is 25.0. The van der Waals surface area contributed by atoms with Crippen LogP contribution in [-0.2, 0) is 11.3 Å². The van der Waals surface area contributed by atoms with Crippen molar-refractivity contribution in [3.8, 4) is 11.5 Å². The predicted molar refractivity (Wildman–Crippen MR) is 165 cm³/mol. The lowest BCUT2D eigenvalue weighted by Crippen LogP contribution is -2.43. The van der Waals surface area contributed by atoms with E-state index in [-0.39, 0.29) is 24.1 Å². The van der Waals surface area contributed by atoms with Gasteiger partial charge in [0, 0.05) is 60.1 Å². The van der Waals surface area contributed by atoms with E-state index in [0.717, 1.165) is 35.3 Å². The molecule has 1 aromatic heterocycles. The largest absolute Gasteiger partial charge is 0.484 e. The normalized spacial score (nSPS) is 29.0. The molecule has 10 heteroatoms. The van der Waals surface area contributed by atoms with Gasteiger partial charge in [-0.15, -0.1) is 11.8 Å². The molecule has 3 fully saturated rings. The second kappa shape index (κ2) is 12.4. The molecule has 0 spiro atoms. The molecule has 1 saturated heterocycles. The van der Waals surface area contributed by atoms with Gasteiger partial charge in [-0.25, -0.2) is 0 Å². The van der Waals surface area contributed by atoms with E-state index in [4.69, 9.17) is 25.8 Å². The number of amides is 1. The highest BCUT2D eigenvalue weighted by molar-refractivity contribution is 7.98. The molecule has 42 heavy (non-hydrogen) atoms. The van der Waals surface area contributed by atoms with Crippen LogP contribution in [0.2, 0.25) is 5.02 Å². The fraction of sp³-hybridized carbons (Fsp3) is 0.625. The van der Waals surface area contributed by atoms with Crippen LogP contribution in [0.3, 0.4) is 0 Å². The number of benzene rings is 1. The number of carbonyl (C=O) groups excluding carboxylic acids is 1. The Morgan fingerprint density at radius 3 is 2.50 bits per heavy atom. The molecule has 2 aliphatic heterocycles. The first kappa shape index (κ1) is 29.9. The number of methoxy groups -OCH3 is 1. The molecule has 228 valence electrons. The number of thioether (sulfide) groups is 1. The van der Waals surface area contributed by atoms with Crippen LogP contribution in [0.25, 0.3) is 0 Å². The SMILES string of the molecule is COC1CC2CN(C3CCC([C@H]4COc5c(Cl)cc(C(=O)NCc6c(SC)cc(C)[nH]c6=O)c(C)c5O4)CC3)CC2C1. The number of ether oxygens (including phenoxy) is 3. The van der Waals surface area contributed by atoms with Crippen molar-refractivity contribution in [3.05, 3.63) is 49.9 Å². The number of pyridine rings is 1. The van der Waals surface area contributed by atoms with Crippen molar-refractivity contribution in [2.75, 3.05) is 33.1 Å². The van der Waals surface area contributed by atoms with Gasteiger partial charge in [-0.1, -0.05) is 11.6 Å². The maximum atomic E-state index is 13.3. The summed E-state index contributed by atoms with van der Waals surface area (Å²) in [5.74, 6) is 2.76. The summed E-state index contributed by atoms with van der Waals surface area (Å²) < 4.78 is 18.4. The van der Waals surface area contributed by atoms with Crippen LogP contribution in [-0.4, -0.2) is 67.1 Å². The highest BCUT2D eigenvalue weighted by atomic mass is 35.5. The number of likely N-dealkylation sites (tertiary alicyclic amines) is 1. The minimum atomic E-state index is -0.303. The van der Waals surface area contributed by atoms with Crippen LogP contribution >= 0.6 is 23.4 Å². The van der Waals surface area contributed by atoms with Gasteiger partial charge in [0.25, 0.3) is 11.5 Å². The highest BCUT2D eigenvalue weighted by Crippen LogP contribution is 2.46. The molecule has 2 N–H and O–H groups in total. The van der Waals surface area contributed by atoms with E-state index in [0.29, 0.717) is 57.9 Å². The topological polar surface area (TPSA) is 92.9 Å². The molecular formula is C32H42ClN3O5S. The zero-order valence-corrected chi connectivity index (χ0v) is 26.5. The Hall–Kier alpha value is -2.20. The third-order valence-electron chi connectivity index (χ3n) is 10.1. The summed E-state index contributed by atoms with van der Waals surface area (Å²) in [7, 11) is 1.85. The van der Waals surface area contributed by atoms with E-state index in [2.05, 4.69) is 15.2 Å². The van der Waals surface area contributed by atoms with Gasteiger partial charge in [-0.2, -0.15) is 0 Å². The number of halogens is 1. The number of aryl methyl sites for hydroxylation is 1. The standard InChI is InChI=1S/C32H42ClN3O5S/c1-17-9-28(42-4)25(32(38)35-17)13-34-31(37)24-12-26(33)30-29(18(24)2)41-27(16-40-30)19-5-7-22(8-6-19)36-14-20-10-23(39-3)11-21(20)15-36/h9,12,19-23,27H,5-8,10-11,13-16H2,1-4H3,(H,34,37)(H,35,38)/t19?,20?,21?,22?,23?,27-/m1/s1. The fourth-order valence-corrected chi connectivity index (χ4v) is 8.66. The number of rotatable bonds is 7. The summed E-state index contributed by atoms with van der Waals surface area (Å²) in [6.45, 7) is 6.74. The van der Waals surface area contributed by atoms with E-state index in [1.807, 2.05) is 33.3 Å². The second-order valence-electron chi connectivity index (χ2n) is 12.5. The smallest absolute Gasteiger partial charge is 0.254 e. The molecule has 3 heterocycles. The predicted octanol–water partition coefficient (Wildman–Crippen LogP) is 5.35. The summed E-state index contributed by atoms with van der Waals surface area (Å²) in [6, 6.07) is 4.21. The van der Waals surface area contributed by atoms with Gasteiger partial charge in [0.15, 0.2) is 11.5 Å². The van der Waals surface area contributed by atoms with E-state index in [9.17, 15) is 9.59 Å². The lowest BCUT2D eigenvalue weighted by molar-refractivity contribution is 0.0201. The fourth-order valence-electron chi connectivity index (χ4n) is 7.71. The Morgan fingerprint density at radius 1 is 1.12 bits per heavy atom. The van der Waals surface area contributed by atoms with E-state index in [1.54, 1.807) is 6.07 Å². The molecule has 2 aromatic rings. The van der Waals surface area contributed by atoms with Crippen LogP contribution < -0.4 is 20.3 Å². The molecule has 0 bridgehead atoms. The first-order chi connectivity index (χ1) is 20.2. The Labute approximate surface area is 257 Å². The van der Waals surface area contributed by atoms with Crippen molar-refractivity contribution in [1.82, 2.24) is 15.2 Å². The minimum Gasteiger partial charge on any atom is -0.484 e. The number of H-pyrrole nitrogens is 1. The van der Waals surface area contributed by atoms with Gasteiger partial charge in [0.05, 0.1) is 11.1 Å². The van der Waals surface area contributed by atoms with Crippen molar-refractivity contribution < 1.29 is 19.0 Å². The van der Waals surface area contributed by atoms with Gasteiger partial charge in [-0.3, -0.25) is 14.5 Å². The van der Waals surface area contributed by atoms with E-state index >= 15 is 0 Å². The Kier molecular flexibility index (Phi) is 8.83. The number of hydrogen-bond donors (Lipinski definition) is 2. The van der Waals surface area contributed by atoms with Gasteiger partial charge in [0.2, 0.25) is 0 Å². The average Bonchev–Trinajstić information content (AvgIpc) is 3.57. The van der Waals surface area contributed by atoms with Crippen molar-refractivity contribution in [1.29, 1.82) is 0 Å². The van der Waals surface area contributed by atoms with E-state index < -0.39 is 0 Å². The Morgan fingerprint density at radius 2 is 1.83 bits per heavy atom. The lowest BCUT2D eigenvalue weighted by atomic mass is 9.82. The number of fused-ring (bicyclic) bond motifs is 2. The summed E-state index contributed by atoms with van der Waals surface area (Å²) >= 11 is 8.08. The summed E-state index contributed by atoms with van der Waals surface area (Å²) in [4.78, 5) is 32.3. The summed E-state index contributed by atoms with van der Waals surface area (Å²) in [5, 5.41) is 3.27. The summed E-state index contributed by atoms with van der Waals surface area (Å²) in [5.41, 5.74) is 2.26. The van der Waals surface area contributed by atoms with Gasteiger partial charge in [-0.05, 0) is 88.5 Å². The quantitative estimate of drug-likeness (QED) is 0.406. The minimum absolute atomic E-state index is 0.0674. The number of aromatic nitrogens is 1. The molecule has 2 saturated carbocycles. The Bertz CT molecular complexity index is 1380. The molecule has 8 nitrogen and oxygen atoms in total. The van der Waals surface area contributed by atoms with Crippen LogP contribution in [0.5, 0.6) is 11.5 Å². The molecule has 3 atom stereocenters. The highest BCUT2D eigenvalue weighted by Gasteiger charge is 2.44. The van der Waals surface area contributed by atoms with Gasteiger partial charge < -0.3 is 24.5 Å². The Balaban J connectivity index is 1.09. The number of nitrogens with zero attached hydrogens (tertiary/aromatic N) is 1. The maximum absolute atomic E-state index is 13.3. The summed E-state index contributed by atoms with van der Waals surface area (Å²) in [6.07, 6.45) is 9.32. The van der Waals surface area contributed by atoms with Crippen molar-refractivity contribution in [2.24, 2.45) is 17.8 Å². The second-order valence-corrected chi connectivity index (χ2v) is 13.8. The van der Waals surface area contributed by atoms with Gasteiger partial charge >= 0.3 is 0 Å². The molecular weight excluding hydrogens is 574 g/mol. The average molecular weight is 616 g/mol. The zero-order chi connectivity index (χ0) is 29.5. The number of aromatic amines is 1. The molecule has 1 aromatic carbocycles. The van der Waals surface area contributed by atoms with Crippen LogP contribution in [0.4, 0.5) is 0 Å². The third kappa shape index (κ3) is 5.82. The molecule has 4 aliphatic rings. The van der Waals surface area contributed by atoms with Crippen LogP contribution in [0, 0.1) is 31.6 Å². The van der Waals surface area contributed by atoms with Gasteiger partial charge in [0.1, 0.15) is 12.7 Å². The van der Waals surface area contributed by atoms with Crippen molar-refractivity contribution >= 4 is 29.3 Å². The van der Waals surface area contributed by atoms with Crippen LogP contribution in [0.15, 0.2) is 21.8 Å².